The van der Waals surface area contributed by atoms with Gasteiger partial charge in [-0.05, 0) is 86.0 Å². The maximum Gasteiger partial charge on any atom is 0.185 e. The molecule has 1 heterocycles. The molecule has 0 radical (unpaired) electrons. The smallest absolute Gasteiger partial charge is 0.185 e. The van der Waals surface area contributed by atoms with Gasteiger partial charge in [-0.2, -0.15) is 0 Å². The lowest BCUT2D eigenvalue weighted by Crippen LogP contribution is -2.45. The Morgan fingerprint density at radius 3 is 2.25 bits per heavy atom. The van der Waals surface area contributed by atoms with Crippen molar-refractivity contribution in [1.82, 2.24) is 0 Å². The van der Waals surface area contributed by atoms with Crippen molar-refractivity contribution in [1.29, 1.82) is 0 Å². The van der Waals surface area contributed by atoms with Crippen molar-refractivity contribution in [2.45, 2.75) is 38.5 Å². The molecule has 1 aromatic carbocycles. The van der Waals surface area contributed by atoms with Crippen molar-refractivity contribution in [2.24, 2.45) is 23.2 Å². The summed E-state index contributed by atoms with van der Waals surface area (Å²) in [6.07, 6.45) is 12.3. The molecule has 6 rings (SSSR count). The number of hydrogen-bond donors (Lipinski definition) is 0. The molecule has 4 aliphatic carbocycles. The normalized spacial score (nSPS) is 36.2. The SMILES string of the molecule is O=C(/C=C/C12CC3CC(CC(C3)C1)C2)c1ccc2c(c1)OCCO2. The Morgan fingerprint density at radius 1 is 0.958 bits per heavy atom. The first-order chi connectivity index (χ1) is 11.7. The standard InChI is InChI=1S/C21H24O3/c22-18(17-1-2-19-20(10-17)24-6-5-23-19)3-4-21-11-14-7-15(12-21)9-16(8-14)13-21/h1-4,10,14-16H,5-9,11-13H2/b4-3+. The third-order valence-electron chi connectivity index (χ3n) is 6.50. The molecule has 0 N–H and O–H groups in total. The van der Waals surface area contributed by atoms with Crippen LogP contribution >= 0.6 is 0 Å². The Kier molecular flexibility index (Phi) is 3.26. The van der Waals surface area contributed by atoms with Gasteiger partial charge in [0, 0.05) is 5.56 Å². The summed E-state index contributed by atoms with van der Waals surface area (Å²) in [5.41, 5.74) is 0.998. The van der Waals surface area contributed by atoms with Crippen molar-refractivity contribution >= 4 is 5.78 Å². The fraction of sp³-hybridized carbons (Fsp3) is 0.571. The fourth-order valence-electron chi connectivity index (χ4n) is 5.93. The van der Waals surface area contributed by atoms with E-state index < -0.39 is 0 Å². The Labute approximate surface area is 143 Å². The van der Waals surface area contributed by atoms with E-state index in [1.54, 1.807) is 0 Å². The first kappa shape index (κ1) is 14.6. The number of hydrogen-bond acceptors (Lipinski definition) is 3. The number of ketones is 1. The summed E-state index contributed by atoms with van der Waals surface area (Å²) in [6, 6.07) is 5.51. The monoisotopic (exact) mass is 324 g/mol. The van der Waals surface area contributed by atoms with E-state index in [4.69, 9.17) is 9.47 Å². The highest BCUT2D eigenvalue weighted by molar-refractivity contribution is 6.05. The number of benzene rings is 1. The minimum Gasteiger partial charge on any atom is -0.486 e. The molecule has 0 aromatic heterocycles. The maximum atomic E-state index is 12.6. The molecule has 1 aromatic rings. The average Bonchev–Trinajstić information content (AvgIpc) is 2.58. The van der Waals surface area contributed by atoms with E-state index in [1.807, 2.05) is 24.3 Å². The van der Waals surface area contributed by atoms with Gasteiger partial charge in [0.25, 0.3) is 0 Å². The van der Waals surface area contributed by atoms with Crippen LogP contribution in [0.1, 0.15) is 48.9 Å². The molecule has 4 fully saturated rings. The van der Waals surface area contributed by atoms with E-state index in [2.05, 4.69) is 6.08 Å². The van der Waals surface area contributed by atoms with Gasteiger partial charge in [0.1, 0.15) is 13.2 Å². The summed E-state index contributed by atoms with van der Waals surface area (Å²) in [7, 11) is 0. The van der Waals surface area contributed by atoms with E-state index in [-0.39, 0.29) is 5.78 Å². The molecule has 0 saturated heterocycles. The third kappa shape index (κ3) is 2.45. The van der Waals surface area contributed by atoms with Gasteiger partial charge in [0.2, 0.25) is 0 Å². The summed E-state index contributed by atoms with van der Waals surface area (Å²) in [4.78, 5) is 12.6. The number of carbonyl (C=O) groups excluding carboxylic acids is 1. The lowest BCUT2D eigenvalue weighted by Gasteiger charge is -2.55. The number of rotatable bonds is 3. The molecular formula is C21H24O3. The number of allylic oxidation sites excluding steroid dienone is 2. The Bertz CT molecular complexity index is 668. The molecular weight excluding hydrogens is 300 g/mol. The van der Waals surface area contributed by atoms with Crippen LogP contribution in [-0.2, 0) is 0 Å². The summed E-state index contributed by atoms with van der Waals surface area (Å²) in [5, 5.41) is 0. The Balaban J connectivity index is 1.36. The van der Waals surface area contributed by atoms with Crippen LogP contribution < -0.4 is 9.47 Å². The molecule has 3 heteroatoms. The zero-order valence-corrected chi connectivity index (χ0v) is 14.0. The van der Waals surface area contributed by atoms with Crippen LogP contribution in [0.5, 0.6) is 11.5 Å². The van der Waals surface area contributed by atoms with Crippen LogP contribution in [0.15, 0.2) is 30.4 Å². The molecule has 0 atom stereocenters. The quantitative estimate of drug-likeness (QED) is 0.610. The zero-order chi connectivity index (χ0) is 16.1. The predicted molar refractivity (Wildman–Crippen MR) is 91.5 cm³/mol. The van der Waals surface area contributed by atoms with Crippen LogP contribution in [0.3, 0.4) is 0 Å². The first-order valence-electron chi connectivity index (χ1n) is 9.32. The second-order valence-corrected chi connectivity index (χ2v) is 8.34. The second kappa shape index (κ2) is 5.37. The van der Waals surface area contributed by atoms with Gasteiger partial charge >= 0.3 is 0 Å². The van der Waals surface area contributed by atoms with Crippen LogP contribution in [0.4, 0.5) is 0 Å². The lowest BCUT2D eigenvalue weighted by atomic mass is 9.49. The van der Waals surface area contributed by atoms with Gasteiger partial charge in [0.15, 0.2) is 17.3 Å². The fourth-order valence-corrected chi connectivity index (χ4v) is 5.93. The molecule has 0 amide bonds. The van der Waals surface area contributed by atoms with Crippen molar-refractivity contribution < 1.29 is 14.3 Å². The average molecular weight is 324 g/mol. The van der Waals surface area contributed by atoms with Crippen molar-refractivity contribution in [2.75, 3.05) is 13.2 Å². The molecule has 4 saturated carbocycles. The molecule has 0 spiro atoms. The second-order valence-electron chi connectivity index (χ2n) is 8.34. The minimum atomic E-state index is 0.0859. The Hall–Kier alpha value is -1.77. The lowest BCUT2D eigenvalue weighted by molar-refractivity contribution is -0.0238. The molecule has 3 nitrogen and oxygen atoms in total. The molecule has 1 aliphatic heterocycles. The van der Waals surface area contributed by atoms with Crippen LogP contribution in [0, 0.1) is 23.2 Å². The highest BCUT2D eigenvalue weighted by Crippen LogP contribution is 2.60. The molecule has 24 heavy (non-hydrogen) atoms. The highest BCUT2D eigenvalue weighted by Gasteiger charge is 2.49. The third-order valence-corrected chi connectivity index (χ3v) is 6.50. The minimum absolute atomic E-state index is 0.0859. The van der Waals surface area contributed by atoms with Gasteiger partial charge in [-0.3, -0.25) is 4.79 Å². The molecule has 0 unspecified atom stereocenters. The summed E-state index contributed by atoms with van der Waals surface area (Å²) >= 11 is 0. The van der Waals surface area contributed by atoms with Crippen molar-refractivity contribution in [3.63, 3.8) is 0 Å². The molecule has 4 bridgehead atoms. The molecule has 5 aliphatic rings. The van der Waals surface area contributed by atoms with E-state index >= 15 is 0 Å². The van der Waals surface area contributed by atoms with Gasteiger partial charge in [-0.1, -0.05) is 6.08 Å². The van der Waals surface area contributed by atoms with Gasteiger partial charge in [-0.15, -0.1) is 0 Å². The summed E-state index contributed by atoms with van der Waals surface area (Å²) in [5.74, 6) is 4.24. The highest BCUT2D eigenvalue weighted by atomic mass is 16.6. The first-order valence-corrected chi connectivity index (χ1v) is 9.32. The van der Waals surface area contributed by atoms with Crippen LogP contribution in [-0.4, -0.2) is 19.0 Å². The van der Waals surface area contributed by atoms with E-state index in [9.17, 15) is 4.79 Å². The largest absolute Gasteiger partial charge is 0.486 e. The predicted octanol–water partition coefficient (Wildman–Crippen LogP) is 4.41. The zero-order valence-electron chi connectivity index (χ0n) is 14.0. The number of fused-ring (bicyclic) bond motifs is 1. The van der Waals surface area contributed by atoms with Crippen LogP contribution in [0.25, 0.3) is 0 Å². The maximum absolute atomic E-state index is 12.6. The van der Waals surface area contributed by atoms with E-state index in [0.29, 0.717) is 29.9 Å². The summed E-state index contributed by atoms with van der Waals surface area (Å²) in [6.45, 7) is 1.12. The number of ether oxygens (including phenoxy) is 2. The van der Waals surface area contributed by atoms with Gasteiger partial charge < -0.3 is 9.47 Å². The topological polar surface area (TPSA) is 35.5 Å². The van der Waals surface area contributed by atoms with Gasteiger partial charge in [0.05, 0.1) is 0 Å². The Morgan fingerprint density at radius 2 is 1.58 bits per heavy atom. The van der Waals surface area contributed by atoms with Crippen molar-refractivity contribution in [3.8, 4) is 11.5 Å². The number of carbonyl (C=O) groups is 1. The summed E-state index contributed by atoms with van der Waals surface area (Å²) < 4.78 is 11.1. The molecule has 126 valence electrons. The van der Waals surface area contributed by atoms with Crippen molar-refractivity contribution in [3.05, 3.63) is 35.9 Å². The van der Waals surface area contributed by atoms with E-state index in [1.165, 1.54) is 38.5 Å². The van der Waals surface area contributed by atoms with E-state index in [0.717, 1.165) is 23.5 Å². The van der Waals surface area contributed by atoms with Gasteiger partial charge in [-0.25, -0.2) is 0 Å². The van der Waals surface area contributed by atoms with Crippen LogP contribution in [0.2, 0.25) is 0 Å².